The number of rotatable bonds is 2. The third kappa shape index (κ3) is 2.89. The van der Waals surface area contributed by atoms with E-state index in [9.17, 15) is 8.42 Å². The summed E-state index contributed by atoms with van der Waals surface area (Å²) in [6.45, 7) is 0.802. The van der Waals surface area contributed by atoms with E-state index < -0.39 is 10.0 Å². The Kier molecular flexibility index (Phi) is 3.98. The van der Waals surface area contributed by atoms with Gasteiger partial charge in [0.25, 0.3) is 10.0 Å². The smallest absolute Gasteiger partial charge is 0.267 e. The Hall–Kier alpha value is -2.53. The van der Waals surface area contributed by atoms with Crippen molar-refractivity contribution in [1.82, 2.24) is 3.97 Å². The molecule has 22 heavy (non-hydrogen) atoms. The average molecular weight is 313 g/mol. The molecule has 1 aliphatic heterocycles. The van der Waals surface area contributed by atoms with E-state index in [-0.39, 0.29) is 0 Å². The number of benzene rings is 2. The van der Waals surface area contributed by atoms with Gasteiger partial charge in [0, 0.05) is 18.0 Å². The molecule has 0 saturated carbocycles. The lowest BCUT2D eigenvalue weighted by Crippen LogP contribution is -2.10. The molecule has 4 rings (SSSR count). The zero-order valence-electron chi connectivity index (χ0n) is 11.8. The van der Waals surface area contributed by atoms with Crippen LogP contribution in [0.1, 0.15) is 5.56 Å². The van der Waals surface area contributed by atoms with Gasteiger partial charge in [-0.1, -0.05) is 36.4 Å². The summed E-state index contributed by atoms with van der Waals surface area (Å²) in [4.78, 5) is 0.302. The van der Waals surface area contributed by atoms with E-state index in [0.29, 0.717) is 4.90 Å². The largest absolute Gasteiger partial charge is 0.488 e. The second-order valence-corrected chi connectivity index (χ2v) is 6.57. The standard InChI is InChI=1S/C10H9NO2S.C7H6O/c12-14(13,11-8-4-5-9-11)10-6-2-1-3-7-10;1-2-4-7-6(3-1)5-8-7/h1-9H;1-4H,5H2. The SMILES string of the molecule is O=S(=O)(c1ccccc1)n1cccc1.c1ccc2c(c1)CO2. The van der Waals surface area contributed by atoms with Crippen LogP contribution in [0.3, 0.4) is 0 Å². The molecule has 3 aromatic rings. The van der Waals surface area contributed by atoms with Crippen LogP contribution in [0.5, 0.6) is 5.75 Å². The first-order valence-electron chi connectivity index (χ1n) is 6.82. The third-order valence-electron chi connectivity index (χ3n) is 3.25. The van der Waals surface area contributed by atoms with Gasteiger partial charge >= 0.3 is 0 Å². The van der Waals surface area contributed by atoms with Crippen LogP contribution in [0.25, 0.3) is 0 Å². The highest BCUT2D eigenvalue weighted by Gasteiger charge is 2.14. The van der Waals surface area contributed by atoms with Gasteiger partial charge in [-0.05, 0) is 30.3 Å². The number of hydrogen-bond donors (Lipinski definition) is 0. The van der Waals surface area contributed by atoms with Crippen LogP contribution in [0, 0.1) is 0 Å². The Labute approximate surface area is 129 Å². The van der Waals surface area contributed by atoms with E-state index in [1.807, 2.05) is 18.2 Å². The summed E-state index contributed by atoms with van der Waals surface area (Å²) in [7, 11) is -3.38. The van der Waals surface area contributed by atoms with E-state index in [1.54, 1.807) is 42.5 Å². The van der Waals surface area contributed by atoms with Crippen molar-refractivity contribution >= 4 is 10.0 Å². The van der Waals surface area contributed by atoms with Gasteiger partial charge in [-0.3, -0.25) is 0 Å². The molecule has 0 spiro atoms. The van der Waals surface area contributed by atoms with Crippen molar-refractivity contribution in [2.24, 2.45) is 0 Å². The fourth-order valence-corrected chi connectivity index (χ4v) is 3.24. The first kappa shape index (κ1) is 14.4. The Morgan fingerprint density at radius 2 is 1.45 bits per heavy atom. The van der Waals surface area contributed by atoms with Gasteiger partial charge < -0.3 is 4.74 Å². The summed E-state index contributed by atoms with van der Waals surface area (Å²) in [6.07, 6.45) is 3.03. The van der Waals surface area contributed by atoms with Crippen molar-refractivity contribution in [2.75, 3.05) is 0 Å². The van der Waals surface area contributed by atoms with Crippen molar-refractivity contribution in [3.05, 3.63) is 84.7 Å². The summed E-state index contributed by atoms with van der Waals surface area (Å²) in [5.74, 6) is 1.05. The Morgan fingerprint density at radius 3 is 1.95 bits per heavy atom. The van der Waals surface area contributed by atoms with Crippen molar-refractivity contribution in [1.29, 1.82) is 0 Å². The number of hydrogen-bond acceptors (Lipinski definition) is 3. The van der Waals surface area contributed by atoms with Crippen LogP contribution in [-0.4, -0.2) is 12.4 Å². The van der Waals surface area contributed by atoms with Crippen LogP contribution in [0.2, 0.25) is 0 Å². The van der Waals surface area contributed by atoms with Crippen LogP contribution >= 0.6 is 0 Å². The first-order valence-corrected chi connectivity index (χ1v) is 8.26. The second-order valence-electron chi connectivity index (χ2n) is 4.73. The molecule has 0 aliphatic carbocycles. The quantitative estimate of drug-likeness (QED) is 0.729. The molecular weight excluding hydrogens is 298 g/mol. The van der Waals surface area contributed by atoms with Crippen LogP contribution < -0.4 is 4.74 Å². The lowest BCUT2D eigenvalue weighted by molar-refractivity contribution is 0.243. The van der Waals surface area contributed by atoms with Crippen molar-refractivity contribution in [3.63, 3.8) is 0 Å². The molecule has 0 atom stereocenters. The minimum absolute atomic E-state index is 0.302. The zero-order valence-corrected chi connectivity index (χ0v) is 12.6. The Balaban J connectivity index is 0.000000151. The fraction of sp³-hybridized carbons (Fsp3) is 0.0588. The lowest BCUT2D eigenvalue weighted by Gasteiger charge is -2.18. The molecule has 4 nitrogen and oxygen atoms in total. The number of fused-ring (bicyclic) bond motifs is 1. The van der Waals surface area contributed by atoms with Gasteiger partial charge in [0.05, 0.1) is 4.90 Å². The van der Waals surface area contributed by atoms with Gasteiger partial charge in [-0.25, -0.2) is 12.4 Å². The molecule has 0 N–H and O–H groups in total. The molecule has 0 saturated heterocycles. The molecule has 5 heteroatoms. The van der Waals surface area contributed by atoms with Gasteiger partial charge in [0.15, 0.2) is 0 Å². The van der Waals surface area contributed by atoms with Crippen LogP contribution in [0.4, 0.5) is 0 Å². The van der Waals surface area contributed by atoms with E-state index in [4.69, 9.17) is 4.74 Å². The summed E-state index contributed by atoms with van der Waals surface area (Å²) >= 11 is 0. The summed E-state index contributed by atoms with van der Waals surface area (Å²) in [5, 5.41) is 0. The molecule has 0 fully saturated rings. The molecule has 1 aliphatic rings. The van der Waals surface area contributed by atoms with E-state index >= 15 is 0 Å². The molecule has 0 bridgehead atoms. The van der Waals surface area contributed by atoms with Crippen molar-refractivity contribution < 1.29 is 13.2 Å². The molecule has 0 radical (unpaired) electrons. The number of ether oxygens (including phenoxy) is 1. The summed E-state index contributed by atoms with van der Waals surface area (Å²) in [5.41, 5.74) is 1.33. The van der Waals surface area contributed by atoms with Gasteiger partial charge in [0.2, 0.25) is 0 Å². The summed E-state index contributed by atoms with van der Waals surface area (Å²) in [6, 6.07) is 19.8. The molecule has 1 aromatic heterocycles. The van der Waals surface area contributed by atoms with E-state index in [2.05, 4.69) is 6.07 Å². The molecule has 112 valence electrons. The first-order chi connectivity index (χ1) is 10.7. The fourth-order valence-electron chi connectivity index (χ4n) is 2.03. The molecule has 2 aromatic carbocycles. The maximum Gasteiger partial charge on any atom is 0.267 e. The predicted octanol–water partition coefficient (Wildman–Crippen LogP) is 3.30. The van der Waals surface area contributed by atoms with Crippen molar-refractivity contribution in [2.45, 2.75) is 11.5 Å². The molecule has 0 amide bonds. The molecule has 2 heterocycles. The third-order valence-corrected chi connectivity index (χ3v) is 4.92. The highest BCUT2D eigenvalue weighted by Crippen LogP contribution is 2.27. The van der Waals surface area contributed by atoms with Crippen molar-refractivity contribution in [3.8, 4) is 5.75 Å². The average Bonchev–Trinajstić information content (AvgIpc) is 3.05. The van der Waals surface area contributed by atoms with Crippen LogP contribution in [-0.2, 0) is 16.6 Å². The van der Waals surface area contributed by atoms with Gasteiger partial charge in [0.1, 0.15) is 12.4 Å². The zero-order chi connectivity index (χ0) is 15.4. The minimum Gasteiger partial charge on any atom is -0.488 e. The topological polar surface area (TPSA) is 48.3 Å². The van der Waals surface area contributed by atoms with E-state index in [0.717, 1.165) is 12.4 Å². The number of nitrogens with zero attached hydrogens (tertiary/aromatic N) is 1. The van der Waals surface area contributed by atoms with E-state index in [1.165, 1.54) is 21.9 Å². The predicted molar refractivity (Wildman–Crippen MR) is 84.2 cm³/mol. The second kappa shape index (κ2) is 6.07. The maximum atomic E-state index is 11.9. The Morgan fingerprint density at radius 1 is 0.818 bits per heavy atom. The number of para-hydroxylation sites is 1. The highest BCUT2D eigenvalue weighted by atomic mass is 32.2. The molecular formula is C17H15NO3S. The summed E-state index contributed by atoms with van der Waals surface area (Å²) < 4.78 is 30.0. The lowest BCUT2D eigenvalue weighted by atomic mass is 10.1. The maximum absolute atomic E-state index is 11.9. The number of aromatic nitrogens is 1. The molecule has 0 unspecified atom stereocenters. The normalized spacial score (nSPS) is 12.2. The van der Waals surface area contributed by atoms with Gasteiger partial charge in [-0.15, -0.1) is 0 Å². The van der Waals surface area contributed by atoms with Crippen LogP contribution in [0.15, 0.2) is 84.0 Å². The monoisotopic (exact) mass is 313 g/mol. The van der Waals surface area contributed by atoms with Gasteiger partial charge in [-0.2, -0.15) is 0 Å². The minimum atomic E-state index is -3.38. The Bertz CT molecular complexity index is 818. The highest BCUT2D eigenvalue weighted by molar-refractivity contribution is 7.90.